The van der Waals surface area contributed by atoms with Gasteiger partial charge < -0.3 is 9.64 Å². The monoisotopic (exact) mass is 534 g/mol. The van der Waals surface area contributed by atoms with Crippen molar-refractivity contribution in [3.63, 3.8) is 0 Å². The Bertz CT molecular complexity index is 1660. The van der Waals surface area contributed by atoms with Crippen molar-refractivity contribution in [2.24, 2.45) is 0 Å². The summed E-state index contributed by atoms with van der Waals surface area (Å²) in [5, 5.41) is 5.28. The zero-order valence-electron chi connectivity index (χ0n) is 19.8. The number of ether oxygens (including phenoxy) is 1. The highest BCUT2D eigenvalue weighted by Crippen LogP contribution is 2.39. The Morgan fingerprint density at radius 3 is 2.81 bits per heavy atom. The predicted molar refractivity (Wildman–Crippen MR) is 143 cm³/mol. The molecule has 37 heavy (non-hydrogen) atoms. The van der Waals surface area contributed by atoms with Crippen LogP contribution < -0.4 is 10.5 Å². The van der Waals surface area contributed by atoms with Crippen molar-refractivity contribution in [2.75, 3.05) is 23.1 Å². The molecule has 10 nitrogen and oxygen atoms in total. The summed E-state index contributed by atoms with van der Waals surface area (Å²) in [4.78, 5) is 29.8. The number of halogens is 1. The third-order valence-electron chi connectivity index (χ3n) is 6.93. The van der Waals surface area contributed by atoms with Gasteiger partial charge in [0.15, 0.2) is 22.8 Å². The largest absolute Gasteiger partial charge is 0.358 e. The van der Waals surface area contributed by atoms with Crippen LogP contribution in [-0.2, 0) is 4.74 Å². The molecule has 0 amide bonds. The Kier molecular flexibility index (Phi) is 5.63. The van der Waals surface area contributed by atoms with Gasteiger partial charge in [0.2, 0.25) is 0 Å². The van der Waals surface area contributed by atoms with Crippen LogP contribution in [-0.4, -0.2) is 51.9 Å². The lowest BCUT2D eigenvalue weighted by atomic mass is 10.2. The van der Waals surface area contributed by atoms with Gasteiger partial charge in [0, 0.05) is 18.6 Å². The quantitative estimate of drug-likeness (QED) is 0.338. The van der Waals surface area contributed by atoms with E-state index in [0.717, 1.165) is 43.0 Å². The maximum Gasteiger partial charge on any atom is 0.284 e. The number of para-hydroxylation sites is 1. The highest BCUT2D eigenvalue weighted by molar-refractivity contribution is 7.99. The molecule has 0 bridgehead atoms. The number of fused-ring (bicyclic) bond motifs is 2. The first-order valence-corrected chi connectivity index (χ1v) is 13.7. The third kappa shape index (κ3) is 3.72. The molecule has 2 fully saturated rings. The van der Waals surface area contributed by atoms with E-state index in [-0.39, 0.29) is 17.8 Å². The molecule has 2 aliphatic heterocycles. The Morgan fingerprint density at radius 1 is 1.08 bits per heavy atom. The molecule has 2 aliphatic rings. The van der Waals surface area contributed by atoms with E-state index in [0.29, 0.717) is 33.6 Å². The number of thioether (sulfide) groups is 1. The lowest BCUT2D eigenvalue weighted by molar-refractivity contribution is -0.0298. The van der Waals surface area contributed by atoms with E-state index in [1.165, 1.54) is 0 Å². The van der Waals surface area contributed by atoms with Crippen molar-refractivity contribution in [1.29, 1.82) is 0 Å². The van der Waals surface area contributed by atoms with E-state index in [2.05, 4.69) is 14.9 Å². The zero-order chi connectivity index (χ0) is 24.9. The molecule has 0 spiro atoms. The van der Waals surface area contributed by atoms with Crippen LogP contribution in [0.5, 0.6) is 0 Å². The first-order valence-electron chi connectivity index (χ1n) is 12.2. The van der Waals surface area contributed by atoms with Crippen molar-refractivity contribution in [3.05, 3.63) is 76.5 Å². The Hall–Kier alpha value is -3.41. The van der Waals surface area contributed by atoms with Crippen molar-refractivity contribution >= 4 is 45.9 Å². The zero-order valence-corrected chi connectivity index (χ0v) is 21.3. The van der Waals surface area contributed by atoms with Gasteiger partial charge in [-0.2, -0.15) is 5.10 Å². The number of anilines is 1. The smallest absolute Gasteiger partial charge is 0.284 e. The number of aromatic nitrogens is 7. The lowest BCUT2D eigenvalue weighted by Crippen LogP contribution is -2.34. The standard InChI is InChI=1S/C25H23ClN8O2S/c26-17-9-10-33-21(17)25(35)34(16-6-2-1-3-7-16)22(30-33)18-12-37-15-32(18)24-20-23(27-13-28-24)31(14-29-20)19-8-4-5-11-36-19/h1-3,6-7,9-10,13-14,18-19H,4-5,8,11-12,15H2/t18-,19?/m0/s1. The summed E-state index contributed by atoms with van der Waals surface area (Å²) in [7, 11) is 0. The Balaban J connectivity index is 1.38. The molecule has 4 aromatic heterocycles. The van der Waals surface area contributed by atoms with Crippen molar-refractivity contribution in [1.82, 2.24) is 33.7 Å². The van der Waals surface area contributed by atoms with Crippen LogP contribution in [0.2, 0.25) is 5.02 Å². The van der Waals surface area contributed by atoms with E-state index in [1.54, 1.807) is 45.8 Å². The number of rotatable bonds is 4. The molecule has 1 unspecified atom stereocenters. The summed E-state index contributed by atoms with van der Waals surface area (Å²) >= 11 is 8.14. The second-order valence-electron chi connectivity index (χ2n) is 9.12. The minimum Gasteiger partial charge on any atom is -0.358 e. The topological polar surface area (TPSA) is 95.4 Å². The fourth-order valence-corrected chi connectivity index (χ4v) is 6.54. The van der Waals surface area contributed by atoms with Gasteiger partial charge in [-0.25, -0.2) is 19.5 Å². The molecule has 2 atom stereocenters. The fourth-order valence-electron chi connectivity index (χ4n) is 5.16. The molecule has 1 aromatic carbocycles. The first-order chi connectivity index (χ1) is 18.2. The van der Waals surface area contributed by atoms with Gasteiger partial charge in [-0.3, -0.25) is 13.9 Å². The maximum atomic E-state index is 13.8. The maximum absolute atomic E-state index is 13.8. The van der Waals surface area contributed by atoms with Crippen molar-refractivity contribution in [3.8, 4) is 5.69 Å². The highest BCUT2D eigenvalue weighted by Gasteiger charge is 2.35. The Labute approximate surface area is 220 Å². The normalized spacial score (nSPS) is 20.3. The molecule has 2 saturated heterocycles. The predicted octanol–water partition coefficient (Wildman–Crippen LogP) is 4.23. The molecule has 12 heteroatoms. The highest BCUT2D eigenvalue weighted by atomic mass is 35.5. The van der Waals surface area contributed by atoms with E-state index in [9.17, 15) is 4.79 Å². The van der Waals surface area contributed by atoms with Gasteiger partial charge in [0.25, 0.3) is 5.56 Å². The van der Waals surface area contributed by atoms with Gasteiger partial charge >= 0.3 is 0 Å². The molecule has 7 rings (SSSR count). The molecule has 0 aliphatic carbocycles. The molecule has 5 aromatic rings. The van der Waals surface area contributed by atoms with Crippen LogP contribution in [0.1, 0.15) is 37.4 Å². The summed E-state index contributed by atoms with van der Waals surface area (Å²) in [6.07, 6.45) is 8.13. The average molecular weight is 535 g/mol. The summed E-state index contributed by atoms with van der Waals surface area (Å²) < 4.78 is 11.2. The Morgan fingerprint density at radius 2 is 1.97 bits per heavy atom. The second-order valence-corrected chi connectivity index (χ2v) is 10.5. The van der Waals surface area contributed by atoms with E-state index in [4.69, 9.17) is 26.4 Å². The molecule has 0 radical (unpaired) electrons. The summed E-state index contributed by atoms with van der Waals surface area (Å²) in [6.45, 7) is 0.738. The second kappa shape index (κ2) is 9.16. The van der Waals surface area contributed by atoms with Crippen LogP contribution in [0.4, 0.5) is 5.82 Å². The number of hydrogen-bond donors (Lipinski definition) is 0. The van der Waals surface area contributed by atoms with Crippen molar-refractivity contribution in [2.45, 2.75) is 31.5 Å². The number of hydrogen-bond acceptors (Lipinski definition) is 8. The van der Waals surface area contributed by atoms with Crippen molar-refractivity contribution < 1.29 is 4.74 Å². The summed E-state index contributed by atoms with van der Waals surface area (Å²) in [5.41, 5.74) is 2.33. The van der Waals surface area contributed by atoms with E-state index in [1.807, 2.05) is 34.9 Å². The van der Waals surface area contributed by atoms with Crippen LogP contribution in [0.25, 0.3) is 22.4 Å². The minimum atomic E-state index is -0.224. The fraction of sp³-hybridized carbons (Fsp3) is 0.320. The third-order valence-corrected chi connectivity index (χ3v) is 8.25. The summed E-state index contributed by atoms with van der Waals surface area (Å²) in [5.74, 6) is 2.74. The minimum absolute atomic E-state index is 0.0731. The van der Waals surface area contributed by atoms with Crippen LogP contribution in [0.15, 0.2) is 60.0 Å². The van der Waals surface area contributed by atoms with Gasteiger partial charge in [-0.1, -0.05) is 29.8 Å². The van der Waals surface area contributed by atoms with Gasteiger partial charge in [0.1, 0.15) is 24.1 Å². The molecule has 0 saturated carbocycles. The van der Waals surface area contributed by atoms with E-state index >= 15 is 0 Å². The van der Waals surface area contributed by atoms with Crippen LogP contribution in [0, 0.1) is 0 Å². The van der Waals surface area contributed by atoms with Crippen LogP contribution in [0.3, 0.4) is 0 Å². The number of nitrogens with zero attached hydrogens (tertiary/aromatic N) is 8. The molecular formula is C25H23ClN8O2S. The lowest BCUT2D eigenvalue weighted by Gasteiger charge is -2.27. The van der Waals surface area contributed by atoms with Gasteiger partial charge in [0.05, 0.1) is 22.9 Å². The summed E-state index contributed by atoms with van der Waals surface area (Å²) in [6, 6.07) is 11.0. The number of benzene rings is 1. The molecular weight excluding hydrogens is 512 g/mol. The SMILES string of the molecule is O=c1c2c(Cl)ccn2nc([C@@H]2CSCN2c2ncnc3c2ncn3C2CCCCO2)n1-c1ccccc1. The molecule has 188 valence electrons. The molecule has 6 heterocycles. The van der Waals surface area contributed by atoms with Crippen LogP contribution >= 0.6 is 23.4 Å². The van der Waals surface area contributed by atoms with Gasteiger partial charge in [-0.05, 0) is 37.5 Å². The van der Waals surface area contributed by atoms with Gasteiger partial charge in [-0.15, -0.1) is 11.8 Å². The average Bonchev–Trinajstić information content (AvgIpc) is 3.68. The molecule has 0 N–H and O–H groups in total. The van der Waals surface area contributed by atoms with E-state index < -0.39 is 0 Å². The number of imidazole rings is 1. The first kappa shape index (κ1) is 22.8.